The van der Waals surface area contributed by atoms with Crippen LogP contribution in [0.5, 0.6) is 0 Å². The van der Waals surface area contributed by atoms with E-state index < -0.39 is 28.9 Å². The molecule has 1 aliphatic rings. The molecule has 70 valence electrons. The normalized spacial score (nSPS) is 32.8. The minimum absolute atomic E-state index is 2.06. The van der Waals surface area contributed by atoms with Gasteiger partial charge in [0.05, 0.1) is 0 Å². The van der Waals surface area contributed by atoms with E-state index in [-0.39, 0.29) is 0 Å². The van der Waals surface area contributed by atoms with Crippen LogP contribution in [0.25, 0.3) is 0 Å². The van der Waals surface area contributed by atoms with Gasteiger partial charge < -0.3 is 0 Å². The third-order valence-electron chi connectivity index (χ3n) is 1.41. The van der Waals surface area contributed by atoms with E-state index in [4.69, 9.17) is 0 Å². The third-order valence-corrected chi connectivity index (χ3v) is 1.83. The van der Waals surface area contributed by atoms with Gasteiger partial charge in [-0.3, -0.25) is 0 Å². The Bertz CT molecular complexity index is 220. The van der Waals surface area contributed by atoms with Gasteiger partial charge in [0.1, 0.15) is 5.03 Å². The summed E-state index contributed by atoms with van der Waals surface area (Å²) in [6.45, 7) is 0. The average Bonchev–Trinajstić information content (AvgIpc) is 2.06. The van der Waals surface area contributed by atoms with Crippen molar-refractivity contribution in [3.8, 4) is 0 Å². The highest BCUT2D eigenvalue weighted by Crippen LogP contribution is 2.52. The van der Waals surface area contributed by atoms with Crippen molar-refractivity contribution in [1.29, 1.82) is 0 Å². The van der Waals surface area contributed by atoms with Crippen LogP contribution in [0.4, 0.5) is 26.3 Å². The Hall–Kier alpha value is -0.390. The molecule has 1 unspecified atom stereocenters. The molecule has 0 nitrogen and oxygen atoms in total. The minimum Gasteiger partial charge on any atom is -0.233 e. The summed E-state index contributed by atoms with van der Waals surface area (Å²) in [6, 6.07) is 0. The molecular weight excluding hydrogens is 209 g/mol. The van der Waals surface area contributed by atoms with Crippen LogP contribution < -0.4 is 0 Å². The van der Waals surface area contributed by atoms with Crippen molar-refractivity contribution in [3.05, 3.63) is 10.9 Å². The molecule has 0 aliphatic heterocycles. The van der Waals surface area contributed by atoms with Gasteiger partial charge in [-0.2, -0.15) is 17.6 Å². The second-order valence-corrected chi connectivity index (χ2v) is 2.61. The van der Waals surface area contributed by atoms with Gasteiger partial charge >= 0.3 is 11.8 Å². The lowest BCUT2D eigenvalue weighted by Crippen LogP contribution is -2.37. The van der Waals surface area contributed by atoms with Gasteiger partial charge in [-0.1, -0.05) is 11.6 Å². The lowest BCUT2D eigenvalue weighted by atomic mass is 10.2. The second kappa shape index (κ2) is 2.31. The van der Waals surface area contributed by atoms with Crippen LogP contribution >= 0.6 is 11.6 Å². The van der Waals surface area contributed by atoms with Crippen molar-refractivity contribution in [3.63, 3.8) is 0 Å². The van der Waals surface area contributed by atoms with E-state index in [9.17, 15) is 26.3 Å². The van der Waals surface area contributed by atoms with Crippen molar-refractivity contribution >= 4 is 11.6 Å². The number of rotatable bonds is 0. The molecule has 0 fully saturated rings. The average molecular weight is 211 g/mol. The molecule has 0 heterocycles. The zero-order valence-electron chi connectivity index (χ0n) is 5.22. The maximum atomic E-state index is 12.2. The number of hydrogen-bond donors (Lipinski definition) is 0. The minimum atomic E-state index is -4.82. The van der Waals surface area contributed by atoms with E-state index >= 15 is 0 Å². The SMILES string of the molecule is FC1=C(Cl)C(F)(F)C(F)C1(F)F. The molecule has 1 rings (SSSR count). The summed E-state index contributed by atoms with van der Waals surface area (Å²) in [5.41, 5.74) is 0. The van der Waals surface area contributed by atoms with Gasteiger partial charge in [0.2, 0.25) is 6.17 Å². The summed E-state index contributed by atoms with van der Waals surface area (Å²) >= 11 is 4.47. The molecule has 7 heteroatoms. The molecule has 0 bridgehead atoms. The molecule has 12 heavy (non-hydrogen) atoms. The largest absolute Gasteiger partial charge is 0.337 e. The lowest BCUT2D eigenvalue weighted by molar-refractivity contribution is -0.126. The van der Waals surface area contributed by atoms with E-state index in [1.54, 1.807) is 0 Å². The Kier molecular flexibility index (Phi) is 1.86. The summed E-state index contributed by atoms with van der Waals surface area (Å²) in [5, 5.41) is -2.06. The first-order chi connectivity index (χ1) is 5.22. The number of halogens is 7. The monoisotopic (exact) mass is 210 g/mol. The zero-order chi connectivity index (χ0) is 9.73. The highest BCUT2D eigenvalue weighted by atomic mass is 35.5. The van der Waals surface area contributed by atoms with Crippen molar-refractivity contribution in [2.75, 3.05) is 0 Å². The molecule has 0 aromatic rings. The van der Waals surface area contributed by atoms with E-state index in [0.717, 1.165) is 0 Å². The number of hydrogen-bond acceptors (Lipinski definition) is 0. The molecule has 0 amide bonds. The van der Waals surface area contributed by atoms with Crippen molar-refractivity contribution in [2.24, 2.45) is 0 Å². The molecule has 0 spiro atoms. The van der Waals surface area contributed by atoms with Gasteiger partial charge in [0.15, 0.2) is 5.83 Å². The Morgan fingerprint density at radius 1 is 1.08 bits per heavy atom. The van der Waals surface area contributed by atoms with Crippen LogP contribution in [0.15, 0.2) is 10.9 Å². The second-order valence-electron chi connectivity index (χ2n) is 2.24. The topological polar surface area (TPSA) is 0 Å². The summed E-state index contributed by atoms with van der Waals surface area (Å²) < 4.78 is 72.8. The van der Waals surface area contributed by atoms with Crippen molar-refractivity contribution < 1.29 is 26.3 Å². The first-order valence-electron chi connectivity index (χ1n) is 2.68. The summed E-state index contributed by atoms with van der Waals surface area (Å²) in [6.07, 6.45) is -3.92. The van der Waals surface area contributed by atoms with Gasteiger partial charge in [0, 0.05) is 0 Å². The summed E-state index contributed by atoms with van der Waals surface area (Å²) in [7, 11) is 0. The van der Waals surface area contributed by atoms with Crippen LogP contribution in [0.3, 0.4) is 0 Å². The van der Waals surface area contributed by atoms with Crippen LogP contribution in [0, 0.1) is 0 Å². The van der Waals surface area contributed by atoms with Crippen molar-refractivity contribution in [1.82, 2.24) is 0 Å². The van der Waals surface area contributed by atoms with Crippen LogP contribution in [0.2, 0.25) is 0 Å². The molecule has 1 aliphatic carbocycles. The molecule has 0 N–H and O–H groups in total. The smallest absolute Gasteiger partial charge is 0.233 e. The molecular formula is C5HClF6. The Morgan fingerprint density at radius 3 is 1.58 bits per heavy atom. The predicted molar refractivity (Wildman–Crippen MR) is 28.8 cm³/mol. The fraction of sp³-hybridized carbons (Fsp3) is 0.600. The van der Waals surface area contributed by atoms with Crippen molar-refractivity contribution in [2.45, 2.75) is 18.0 Å². The van der Waals surface area contributed by atoms with E-state index in [2.05, 4.69) is 11.6 Å². The molecule has 0 aromatic carbocycles. The lowest BCUT2D eigenvalue weighted by Gasteiger charge is -2.15. The Labute approximate surface area is 67.8 Å². The third kappa shape index (κ3) is 0.935. The summed E-state index contributed by atoms with van der Waals surface area (Å²) in [4.78, 5) is 0. The number of allylic oxidation sites excluding steroid dienone is 2. The fourth-order valence-corrected chi connectivity index (χ4v) is 0.965. The van der Waals surface area contributed by atoms with Gasteiger partial charge in [-0.05, 0) is 0 Å². The van der Waals surface area contributed by atoms with E-state index in [0.29, 0.717) is 0 Å². The number of alkyl halides is 5. The van der Waals surface area contributed by atoms with Crippen LogP contribution in [-0.4, -0.2) is 18.0 Å². The van der Waals surface area contributed by atoms with Gasteiger partial charge in [0.25, 0.3) is 0 Å². The highest BCUT2D eigenvalue weighted by molar-refractivity contribution is 6.31. The Balaban J connectivity index is 3.22. The Morgan fingerprint density at radius 2 is 1.50 bits per heavy atom. The fourth-order valence-electron chi connectivity index (χ4n) is 0.743. The molecule has 0 saturated heterocycles. The summed E-state index contributed by atoms with van der Waals surface area (Å²) in [5.74, 6) is -12.0. The molecule has 1 atom stereocenters. The van der Waals surface area contributed by atoms with E-state index in [1.807, 2.05) is 0 Å². The molecule has 0 radical (unpaired) electrons. The van der Waals surface area contributed by atoms with E-state index in [1.165, 1.54) is 0 Å². The van der Waals surface area contributed by atoms with Crippen LogP contribution in [-0.2, 0) is 0 Å². The van der Waals surface area contributed by atoms with Gasteiger partial charge in [-0.15, -0.1) is 0 Å². The van der Waals surface area contributed by atoms with Gasteiger partial charge in [-0.25, -0.2) is 8.78 Å². The first-order valence-corrected chi connectivity index (χ1v) is 3.06. The predicted octanol–water partition coefficient (Wildman–Crippen LogP) is 3.03. The molecule has 0 aromatic heterocycles. The maximum absolute atomic E-state index is 12.2. The standard InChI is InChI=1S/C5HClF6/c6-1-2(7)5(11,12)3(8)4(1,9)10/h3H. The van der Waals surface area contributed by atoms with Crippen LogP contribution in [0.1, 0.15) is 0 Å². The zero-order valence-corrected chi connectivity index (χ0v) is 5.98. The quantitative estimate of drug-likeness (QED) is 0.539. The molecule has 0 saturated carbocycles. The highest BCUT2D eigenvalue weighted by Gasteiger charge is 2.68. The maximum Gasteiger partial charge on any atom is 0.337 e. The first kappa shape index (κ1) is 9.70.